The van der Waals surface area contributed by atoms with Crippen molar-refractivity contribution in [3.8, 4) is 0 Å². The van der Waals surface area contributed by atoms with Gasteiger partial charge in [-0.2, -0.15) is 0 Å². The summed E-state index contributed by atoms with van der Waals surface area (Å²) in [4.78, 5) is 27.1. The molecule has 1 fully saturated rings. The van der Waals surface area contributed by atoms with Crippen LogP contribution in [0, 0.1) is 11.7 Å². The number of carbonyl (C=O) groups is 1. The maximum atomic E-state index is 13.0. The van der Waals surface area contributed by atoms with E-state index in [2.05, 4.69) is 32.1 Å². The van der Waals surface area contributed by atoms with E-state index in [0.29, 0.717) is 16.9 Å². The topological polar surface area (TPSA) is 71.0 Å². The van der Waals surface area contributed by atoms with E-state index in [-0.39, 0.29) is 11.8 Å². The van der Waals surface area contributed by atoms with Crippen LogP contribution in [0.1, 0.15) is 43.3 Å². The molecule has 0 unspecified atom stereocenters. The van der Waals surface area contributed by atoms with Crippen molar-refractivity contribution in [2.45, 2.75) is 39.2 Å². The highest BCUT2D eigenvalue weighted by Crippen LogP contribution is 2.31. The average Bonchev–Trinajstić information content (AvgIpc) is 3.01. The van der Waals surface area contributed by atoms with Crippen molar-refractivity contribution in [3.05, 3.63) is 35.1 Å². The zero-order chi connectivity index (χ0) is 17.8. The largest absolute Gasteiger partial charge is 0.302 e. The molecule has 0 saturated carbocycles. The van der Waals surface area contributed by atoms with Gasteiger partial charge < -0.3 is 5.32 Å². The molecule has 1 N–H and O–H groups in total. The Morgan fingerprint density at radius 3 is 2.88 bits per heavy atom. The Balaban J connectivity index is 1.60. The minimum absolute atomic E-state index is 0.105. The molecular formula is C17H22FN5OS. The summed E-state index contributed by atoms with van der Waals surface area (Å²) in [6, 6.07) is 0. The van der Waals surface area contributed by atoms with Crippen LogP contribution in [0.5, 0.6) is 0 Å². The molecule has 134 valence electrons. The Hall–Kier alpha value is -1.93. The molecule has 0 spiro atoms. The SMILES string of the molecule is CC(=O)Nc1ncc(CN2CCC[C@@H]([C@H](C)c3ncc(F)cn3)C2)s1. The van der Waals surface area contributed by atoms with Gasteiger partial charge in [0.1, 0.15) is 5.82 Å². The van der Waals surface area contributed by atoms with E-state index in [0.717, 1.165) is 37.4 Å². The molecule has 2 atom stereocenters. The number of hydrogen-bond acceptors (Lipinski definition) is 6. The van der Waals surface area contributed by atoms with E-state index in [1.165, 1.54) is 30.7 Å². The summed E-state index contributed by atoms with van der Waals surface area (Å²) >= 11 is 1.51. The van der Waals surface area contributed by atoms with E-state index >= 15 is 0 Å². The first kappa shape index (κ1) is 17.9. The van der Waals surface area contributed by atoms with Crippen LogP contribution in [0.25, 0.3) is 0 Å². The van der Waals surface area contributed by atoms with Crippen LogP contribution < -0.4 is 5.32 Å². The first-order valence-electron chi connectivity index (χ1n) is 8.43. The number of carbonyl (C=O) groups excluding carboxylic acids is 1. The van der Waals surface area contributed by atoms with Gasteiger partial charge in [-0.25, -0.2) is 19.3 Å². The van der Waals surface area contributed by atoms with Gasteiger partial charge in [-0.15, -0.1) is 11.3 Å². The van der Waals surface area contributed by atoms with Gasteiger partial charge in [0.05, 0.1) is 12.4 Å². The Morgan fingerprint density at radius 1 is 1.40 bits per heavy atom. The second kappa shape index (κ2) is 7.97. The summed E-state index contributed by atoms with van der Waals surface area (Å²) in [5.74, 6) is 0.842. The molecule has 1 aliphatic rings. The van der Waals surface area contributed by atoms with Crippen molar-refractivity contribution in [1.82, 2.24) is 19.9 Å². The maximum absolute atomic E-state index is 13.0. The molecule has 3 heterocycles. The normalized spacial score (nSPS) is 19.6. The molecule has 8 heteroatoms. The van der Waals surface area contributed by atoms with Crippen LogP contribution >= 0.6 is 11.3 Å². The molecule has 0 bridgehead atoms. The monoisotopic (exact) mass is 363 g/mol. The van der Waals surface area contributed by atoms with Gasteiger partial charge in [-0.3, -0.25) is 9.69 Å². The van der Waals surface area contributed by atoms with Crippen LogP contribution in [-0.4, -0.2) is 38.8 Å². The highest BCUT2D eigenvalue weighted by atomic mass is 32.1. The number of nitrogens with zero attached hydrogens (tertiary/aromatic N) is 4. The number of rotatable bonds is 5. The van der Waals surface area contributed by atoms with Crippen molar-refractivity contribution < 1.29 is 9.18 Å². The fourth-order valence-corrected chi connectivity index (χ4v) is 4.12. The lowest BCUT2D eigenvalue weighted by atomic mass is 9.86. The standard InChI is InChI=1S/C17H22FN5OS/c1-11(16-19-6-14(18)7-20-16)13-4-3-5-23(9-13)10-15-8-21-17(25-15)22-12(2)24/h6-8,11,13H,3-5,9-10H2,1-2H3,(H,21,22,24)/t11-,13+/m0/s1. The first-order valence-corrected chi connectivity index (χ1v) is 9.25. The van der Waals surface area contributed by atoms with Crippen LogP contribution in [0.3, 0.4) is 0 Å². The number of anilines is 1. The summed E-state index contributed by atoms with van der Waals surface area (Å²) in [6.45, 7) is 6.42. The lowest BCUT2D eigenvalue weighted by Crippen LogP contribution is -2.37. The average molecular weight is 363 g/mol. The number of hydrogen-bond donors (Lipinski definition) is 1. The molecule has 1 aliphatic heterocycles. The zero-order valence-corrected chi connectivity index (χ0v) is 15.2. The van der Waals surface area contributed by atoms with Gasteiger partial charge in [0.25, 0.3) is 0 Å². The third-order valence-corrected chi connectivity index (χ3v) is 5.41. The summed E-state index contributed by atoms with van der Waals surface area (Å²) < 4.78 is 13.0. The van der Waals surface area contributed by atoms with Gasteiger partial charge in [0.2, 0.25) is 5.91 Å². The number of nitrogens with one attached hydrogen (secondary N) is 1. The molecule has 6 nitrogen and oxygen atoms in total. The van der Waals surface area contributed by atoms with Crippen molar-refractivity contribution in [2.24, 2.45) is 5.92 Å². The molecule has 1 saturated heterocycles. The van der Waals surface area contributed by atoms with Crippen molar-refractivity contribution in [3.63, 3.8) is 0 Å². The summed E-state index contributed by atoms with van der Waals surface area (Å²) in [7, 11) is 0. The van der Waals surface area contributed by atoms with Crippen LogP contribution in [0.4, 0.5) is 9.52 Å². The molecule has 0 aromatic carbocycles. The van der Waals surface area contributed by atoms with E-state index in [1.807, 2.05) is 6.20 Å². The molecule has 2 aromatic rings. The number of amides is 1. The third kappa shape index (κ3) is 4.79. The third-order valence-electron chi connectivity index (χ3n) is 4.51. The molecule has 25 heavy (non-hydrogen) atoms. The Bertz CT molecular complexity index is 720. The van der Waals surface area contributed by atoms with E-state index in [4.69, 9.17) is 0 Å². The van der Waals surface area contributed by atoms with Crippen LogP contribution in [0.2, 0.25) is 0 Å². The summed E-state index contributed by atoms with van der Waals surface area (Å²) in [5, 5.41) is 3.36. The number of thiazole rings is 1. The zero-order valence-electron chi connectivity index (χ0n) is 14.4. The summed E-state index contributed by atoms with van der Waals surface area (Å²) in [5.41, 5.74) is 0. The molecule has 2 aromatic heterocycles. The van der Waals surface area contributed by atoms with Crippen molar-refractivity contribution >= 4 is 22.4 Å². The van der Waals surface area contributed by atoms with Crippen LogP contribution in [0.15, 0.2) is 18.6 Å². The molecule has 0 aliphatic carbocycles. The van der Waals surface area contributed by atoms with Crippen molar-refractivity contribution in [2.75, 3.05) is 18.4 Å². The minimum atomic E-state index is -0.401. The quantitative estimate of drug-likeness (QED) is 0.884. The fraction of sp³-hybridized carbons (Fsp3) is 0.529. The number of likely N-dealkylation sites (tertiary alicyclic amines) is 1. The van der Waals surface area contributed by atoms with Gasteiger partial charge in [-0.1, -0.05) is 6.92 Å². The van der Waals surface area contributed by atoms with E-state index in [1.54, 1.807) is 0 Å². The lowest BCUT2D eigenvalue weighted by Gasteiger charge is -2.35. The highest BCUT2D eigenvalue weighted by Gasteiger charge is 2.27. The minimum Gasteiger partial charge on any atom is -0.302 e. The van der Waals surface area contributed by atoms with Gasteiger partial charge in [0, 0.05) is 37.0 Å². The Kier molecular flexibility index (Phi) is 5.70. The Labute approximate surface area is 150 Å². The van der Waals surface area contributed by atoms with Crippen LogP contribution in [-0.2, 0) is 11.3 Å². The Morgan fingerprint density at radius 2 is 2.16 bits per heavy atom. The fourth-order valence-electron chi connectivity index (χ4n) is 3.22. The molecule has 1 amide bonds. The van der Waals surface area contributed by atoms with Gasteiger partial charge in [-0.05, 0) is 25.3 Å². The van der Waals surface area contributed by atoms with E-state index in [9.17, 15) is 9.18 Å². The van der Waals surface area contributed by atoms with Gasteiger partial charge in [0.15, 0.2) is 10.9 Å². The van der Waals surface area contributed by atoms with Gasteiger partial charge >= 0.3 is 0 Å². The molecular weight excluding hydrogens is 341 g/mol. The second-order valence-electron chi connectivity index (χ2n) is 6.50. The predicted molar refractivity (Wildman–Crippen MR) is 94.8 cm³/mol. The first-order chi connectivity index (χ1) is 12.0. The lowest BCUT2D eigenvalue weighted by molar-refractivity contribution is -0.114. The number of aromatic nitrogens is 3. The predicted octanol–water partition coefficient (Wildman–Crippen LogP) is 3.05. The van der Waals surface area contributed by atoms with E-state index < -0.39 is 5.82 Å². The maximum Gasteiger partial charge on any atom is 0.223 e. The smallest absolute Gasteiger partial charge is 0.223 e. The molecule has 0 radical (unpaired) electrons. The van der Waals surface area contributed by atoms with Crippen molar-refractivity contribution in [1.29, 1.82) is 0 Å². The number of halogens is 1. The highest BCUT2D eigenvalue weighted by molar-refractivity contribution is 7.15. The number of piperidine rings is 1. The second-order valence-corrected chi connectivity index (χ2v) is 7.61. The molecule has 3 rings (SSSR count). The summed E-state index contributed by atoms with van der Waals surface area (Å²) in [6.07, 6.45) is 6.54.